The van der Waals surface area contributed by atoms with Crippen LogP contribution in [0.2, 0.25) is 0 Å². The van der Waals surface area contributed by atoms with Gasteiger partial charge in [0, 0.05) is 0 Å². The number of nitrogens with one attached hydrogen (secondary N) is 1. The highest BCUT2D eigenvalue weighted by Crippen LogP contribution is 2.27. The van der Waals surface area contributed by atoms with Crippen molar-refractivity contribution in [2.45, 2.75) is 29.8 Å². The van der Waals surface area contributed by atoms with E-state index in [1.165, 1.54) is 19.2 Å². The van der Waals surface area contributed by atoms with E-state index in [2.05, 4.69) is 9.62 Å². The largest absolute Gasteiger partial charge is 0.495 e. The SMILES string of the molecule is COc1ccc(C(=O)O)cc1S(=O)(=O)N[C@H]1COC[C@@H]1N1CCCC1. The van der Waals surface area contributed by atoms with Crippen LogP contribution >= 0.6 is 0 Å². The van der Waals surface area contributed by atoms with Gasteiger partial charge in [-0.05, 0) is 44.1 Å². The zero-order valence-corrected chi connectivity index (χ0v) is 14.8. The lowest BCUT2D eigenvalue weighted by Gasteiger charge is -2.28. The third-order valence-electron chi connectivity index (χ3n) is 4.67. The van der Waals surface area contributed by atoms with Gasteiger partial charge in [0.2, 0.25) is 10.0 Å². The summed E-state index contributed by atoms with van der Waals surface area (Å²) in [5.41, 5.74) is -0.111. The molecule has 0 aromatic heterocycles. The fourth-order valence-corrected chi connectivity index (χ4v) is 4.82. The molecular formula is C16H22N2O6S. The summed E-state index contributed by atoms with van der Waals surface area (Å²) >= 11 is 0. The second-order valence-electron chi connectivity index (χ2n) is 6.25. The van der Waals surface area contributed by atoms with E-state index in [4.69, 9.17) is 14.6 Å². The molecule has 138 valence electrons. The van der Waals surface area contributed by atoms with Crippen LogP contribution in [0, 0.1) is 0 Å². The van der Waals surface area contributed by atoms with Crippen molar-refractivity contribution < 1.29 is 27.8 Å². The van der Waals surface area contributed by atoms with Crippen LogP contribution in [0.4, 0.5) is 0 Å². The highest BCUT2D eigenvalue weighted by molar-refractivity contribution is 7.89. The second-order valence-corrected chi connectivity index (χ2v) is 7.93. The number of likely N-dealkylation sites (tertiary alicyclic amines) is 1. The molecule has 0 spiro atoms. The number of ether oxygens (including phenoxy) is 2. The van der Waals surface area contributed by atoms with Crippen LogP contribution in [0.1, 0.15) is 23.2 Å². The molecule has 0 aliphatic carbocycles. The summed E-state index contributed by atoms with van der Waals surface area (Å²) in [6, 6.07) is 3.39. The number of hydrogen-bond acceptors (Lipinski definition) is 6. The van der Waals surface area contributed by atoms with E-state index in [1.54, 1.807) is 0 Å². The molecule has 2 atom stereocenters. The van der Waals surface area contributed by atoms with E-state index >= 15 is 0 Å². The maximum atomic E-state index is 12.8. The highest BCUT2D eigenvalue weighted by atomic mass is 32.2. The summed E-state index contributed by atoms with van der Waals surface area (Å²) in [7, 11) is -2.60. The molecule has 0 amide bonds. The first-order valence-corrected chi connectivity index (χ1v) is 9.66. The zero-order valence-electron chi connectivity index (χ0n) is 14.0. The molecule has 1 aromatic rings. The Bertz CT molecular complexity index is 745. The van der Waals surface area contributed by atoms with Crippen molar-refractivity contribution in [3.05, 3.63) is 23.8 Å². The van der Waals surface area contributed by atoms with E-state index in [9.17, 15) is 13.2 Å². The smallest absolute Gasteiger partial charge is 0.335 e. The fourth-order valence-electron chi connectivity index (χ4n) is 3.37. The van der Waals surface area contributed by atoms with Gasteiger partial charge in [0.05, 0.1) is 38.0 Å². The highest BCUT2D eigenvalue weighted by Gasteiger charge is 2.37. The molecule has 0 radical (unpaired) electrons. The Labute approximate surface area is 146 Å². The monoisotopic (exact) mass is 370 g/mol. The molecule has 2 aliphatic heterocycles. The molecule has 2 fully saturated rings. The van der Waals surface area contributed by atoms with Crippen LogP contribution in [-0.2, 0) is 14.8 Å². The summed E-state index contributed by atoms with van der Waals surface area (Å²) in [5, 5.41) is 9.13. The van der Waals surface area contributed by atoms with Gasteiger partial charge in [0.25, 0.3) is 0 Å². The molecule has 2 saturated heterocycles. The van der Waals surface area contributed by atoms with Gasteiger partial charge in [-0.2, -0.15) is 0 Å². The number of methoxy groups -OCH3 is 1. The van der Waals surface area contributed by atoms with Gasteiger partial charge in [0.1, 0.15) is 10.6 Å². The number of hydrogen-bond donors (Lipinski definition) is 2. The van der Waals surface area contributed by atoms with Gasteiger partial charge in [-0.1, -0.05) is 0 Å². The number of carboxylic acids is 1. The minimum atomic E-state index is -3.95. The molecule has 0 saturated carbocycles. The van der Waals surface area contributed by atoms with Gasteiger partial charge in [-0.3, -0.25) is 4.90 Å². The molecule has 8 nitrogen and oxygen atoms in total. The van der Waals surface area contributed by atoms with Crippen molar-refractivity contribution in [1.82, 2.24) is 9.62 Å². The third-order valence-corrected chi connectivity index (χ3v) is 6.18. The molecule has 2 aliphatic rings. The van der Waals surface area contributed by atoms with Crippen molar-refractivity contribution in [2.75, 3.05) is 33.4 Å². The maximum absolute atomic E-state index is 12.8. The van der Waals surface area contributed by atoms with Crippen molar-refractivity contribution in [3.8, 4) is 5.75 Å². The average molecular weight is 370 g/mol. The van der Waals surface area contributed by atoms with E-state index in [0.717, 1.165) is 32.0 Å². The lowest BCUT2D eigenvalue weighted by atomic mass is 10.1. The van der Waals surface area contributed by atoms with Gasteiger partial charge in [-0.15, -0.1) is 0 Å². The predicted molar refractivity (Wildman–Crippen MR) is 89.5 cm³/mol. The molecule has 9 heteroatoms. The number of rotatable bonds is 6. The predicted octanol–water partition coefficient (Wildman–Crippen LogP) is 0.535. The Balaban J connectivity index is 1.86. The molecule has 1 aromatic carbocycles. The van der Waals surface area contributed by atoms with Crippen LogP contribution in [-0.4, -0.2) is 69.9 Å². The standard InChI is InChI=1S/C16H22N2O6S/c1-23-14-5-4-11(16(19)20)8-15(14)25(21,22)17-12-9-24-10-13(12)18-6-2-3-7-18/h4-5,8,12-13,17H,2-3,6-7,9-10H2,1H3,(H,19,20)/t12-,13-/m0/s1. The Morgan fingerprint density at radius 3 is 2.68 bits per heavy atom. The average Bonchev–Trinajstić information content (AvgIpc) is 3.24. The molecule has 2 N–H and O–H groups in total. The fraction of sp³-hybridized carbons (Fsp3) is 0.562. The second kappa shape index (κ2) is 7.28. The van der Waals surface area contributed by atoms with Crippen LogP contribution in [0.5, 0.6) is 5.75 Å². The molecule has 0 bridgehead atoms. The Morgan fingerprint density at radius 1 is 1.32 bits per heavy atom. The Kier molecular flexibility index (Phi) is 5.28. The van der Waals surface area contributed by atoms with Gasteiger partial charge >= 0.3 is 5.97 Å². The summed E-state index contributed by atoms with van der Waals surface area (Å²) < 4.78 is 39.0. The maximum Gasteiger partial charge on any atom is 0.335 e. The Hall–Kier alpha value is -1.68. The summed E-state index contributed by atoms with van der Waals surface area (Å²) in [6.45, 7) is 2.65. The topological polar surface area (TPSA) is 105 Å². The van der Waals surface area contributed by atoms with Crippen molar-refractivity contribution in [2.24, 2.45) is 0 Å². The summed E-state index contributed by atoms with van der Waals surface area (Å²) in [5.74, 6) is -1.09. The first-order valence-electron chi connectivity index (χ1n) is 8.18. The van der Waals surface area contributed by atoms with Crippen LogP contribution in [0.25, 0.3) is 0 Å². The van der Waals surface area contributed by atoms with Crippen LogP contribution in [0.15, 0.2) is 23.1 Å². The number of sulfonamides is 1. The van der Waals surface area contributed by atoms with Crippen LogP contribution in [0.3, 0.4) is 0 Å². The van der Waals surface area contributed by atoms with Gasteiger partial charge in [-0.25, -0.2) is 17.9 Å². The molecule has 25 heavy (non-hydrogen) atoms. The lowest BCUT2D eigenvalue weighted by Crippen LogP contribution is -2.50. The van der Waals surface area contributed by atoms with E-state index < -0.39 is 16.0 Å². The first-order chi connectivity index (χ1) is 11.9. The van der Waals surface area contributed by atoms with Crippen molar-refractivity contribution in [1.29, 1.82) is 0 Å². The lowest BCUT2D eigenvalue weighted by molar-refractivity contribution is 0.0696. The van der Waals surface area contributed by atoms with Crippen LogP contribution < -0.4 is 9.46 Å². The minimum Gasteiger partial charge on any atom is -0.495 e. The number of benzene rings is 1. The minimum absolute atomic E-state index is 0.00840. The first kappa shape index (κ1) is 18.1. The quantitative estimate of drug-likeness (QED) is 0.753. The number of aromatic carboxylic acids is 1. The molecule has 2 heterocycles. The zero-order chi connectivity index (χ0) is 18.0. The molecular weight excluding hydrogens is 348 g/mol. The van der Waals surface area contributed by atoms with E-state index in [-0.39, 0.29) is 28.3 Å². The normalized spacial score (nSPS) is 24.5. The van der Waals surface area contributed by atoms with Gasteiger partial charge in [0.15, 0.2) is 0 Å². The number of nitrogens with zero attached hydrogens (tertiary/aromatic N) is 1. The van der Waals surface area contributed by atoms with E-state index in [1.807, 2.05) is 0 Å². The van der Waals surface area contributed by atoms with Gasteiger partial charge < -0.3 is 14.6 Å². The number of carboxylic acid groups (broad SMARTS) is 1. The molecule has 3 rings (SSSR count). The van der Waals surface area contributed by atoms with Crippen molar-refractivity contribution in [3.63, 3.8) is 0 Å². The Morgan fingerprint density at radius 2 is 2.04 bits per heavy atom. The third kappa shape index (κ3) is 3.79. The summed E-state index contributed by atoms with van der Waals surface area (Å²) in [6.07, 6.45) is 2.20. The van der Waals surface area contributed by atoms with Crippen molar-refractivity contribution >= 4 is 16.0 Å². The molecule has 0 unspecified atom stereocenters. The van der Waals surface area contributed by atoms with E-state index in [0.29, 0.717) is 13.2 Å². The summed E-state index contributed by atoms with van der Waals surface area (Å²) in [4.78, 5) is 13.2. The number of carbonyl (C=O) groups is 1.